The van der Waals surface area contributed by atoms with Crippen molar-refractivity contribution in [3.63, 3.8) is 0 Å². The van der Waals surface area contributed by atoms with Gasteiger partial charge in [-0.1, -0.05) is 12.1 Å². The summed E-state index contributed by atoms with van der Waals surface area (Å²) in [7, 11) is 5.02. The molecule has 1 aliphatic rings. The Morgan fingerprint density at radius 2 is 1.97 bits per heavy atom. The number of aromatic nitrogens is 1. The van der Waals surface area contributed by atoms with Crippen LogP contribution in [-0.4, -0.2) is 62.8 Å². The van der Waals surface area contributed by atoms with Crippen LogP contribution in [-0.2, 0) is 0 Å². The van der Waals surface area contributed by atoms with Crippen molar-refractivity contribution >= 4 is 22.9 Å². The number of fused-ring (bicyclic) bond motifs is 1. The minimum Gasteiger partial charge on any atom is -0.493 e. The van der Waals surface area contributed by atoms with Gasteiger partial charge in [-0.05, 0) is 44.2 Å². The summed E-state index contributed by atoms with van der Waals surface area (Å²) >= 11 is 1.39. The van der Waals surface area contributed by atoms with Gasteiger partial charge in [0.2, 0.25) is 0 Å². The molecular formula is C25H29N3O4S. The first kappa shape index (κ1) is 22.9. The molecule has 2 aromatic carbocycles. The van der Waals surface area contributed by atoms with Crippen LogP contribution in [0.4, 0.5) is 5.69 Å². The van der Waals surface area contributed by atoms with Gasteiger partial charge in [-0.2, -0.15) is 0 Å². The maximum Gasteiger partial charge on any atom is 0.265 e. The van der Waals surface area contributed by atoms with Gasteiger partial charge < -0.3 is 24.0 Å². The lowest BCUT2D eigenvalue weighted by atomic mass is 10.1. The summed E-state index contributed by atoms with van der Waals surface area (Å²) < 4.78 is 16.9. The number of anilines is 1. The molecule has 0 aliphatic carbocycles. The van der Waals surface area contributed by atoms with Crippen LogP contribution in [0.3, 0.4) is 0 Å². The third kappa shape index (κ3) is 4.61. The average molecular weight is 468 g/mol. The zero-order valence-electron chi connectivity index (χ0n) is 19.6. The number of aryl methyl sites for hydroxylation is 1. The Hall–Kier alpha value is -3.26. The van der Waals surface area contributed by atoms with Crippen LogP contribution in [0, 0.1) is 6.92 Å². The average Bonchev–Trinajstić information content (AvgIpc) is 3.23. The van der Waals surface area contributed by atoms with Gasteiger partial charge in [0, 0.05) is 19.2 Å². The first-order valence-electron chi connectivity index (χ1n) is 10.9. The van der Waals surface area contributed by atoms with Crippen LogP contribution in [0.2, 0.25) is 0 Å². The van der Waals surface area contributed by atoms with Crippen molar-refractivity contribution in [3.8, 4) is 27.8 Å². The fourth-order valence-corrected chi connectivity index (χ4v) is 5.08. The van der Waals surface area contributed by atoms with Gasteiger partial charge in [0.1, 0.15) is 21.7 Å². The van der Waals surface area contributed by atoms with E-state index in [9.17, 15) is 4.79 Å². The molecule has 0 saturated heterocycles. The summed E-state index contributed by atoms with van der Waals surface area (Å²) in [5, 5.41) is 0.769. The highest BCUT2D eigenvalue weighted by atomic mass is 32.1. The molecule has 1 amide bonds. The topological polar surface area (TPSA) is 64.1 Å². The molecule has 0 bridgehead atoms. The van der Waals surface area contributed by atoms with Crippen molar-refractivity contribution in [3.05, 3.63) is 53.0 Å². The molecule has 33 heavy (non-hydrogen) atoms. The fraction of sp³-hybridized carbons (Fsp3) is 0.360. The van der Waals surface area contributed by atoms with E-state index < -0.39 is 0 Å². The number of likely N-dealkylation sites (N-methyl/N-ethyl adjacent to an activating group) is 2. The summed E-state index contributed by atoms with van der Waals surface area (Å²) in [4.78, 5) is 22.6. The number of benzene rings is 2. The van der Waals surface area contributed by atoms with Crippen LogP contribution in [0.5, 0.6) is 17.2 Å². The van der Waals surface area contributed by atoms with E-state index in [1.165, 1.54) is 11.3 Å². The largest absolute Gasteiger partial charge is 0.493 e. The Bertz CT molecular complexity index is 1150. The second-order valence-electron chi connectivity index (χ2n) is 7.94. The Kier molecular flexibility index (Phi) is 6.74. The van der Waals surface area contributed by atoms with Crippen LogP contribution in [0.15, 0.2) is 42.5 Å². The lowest BCUT2D eigenvalue weighted by molar-refractivity contribution is 0.0713. The summed E-state index contributed by atoms with van der Waals surface area (Å²) in [5.74, 6) is 2.09. The standard InChI is InChI=1S/C25H29N3O4S/c1-6-28-15-18(32-20-10-8-7-9-19(20)28)14-27(3)25(29)23-16(2)26-24(33-23)17-11-12-21(30-4)22(13-17)31-5/h7-13,18H,6,14-15H2,1-5H3. The number of carbonyl (C=O) groups excluding carboxylic acids is 1. The lowest BCUT2D eigenvalue weighted by Crippen LogP contribution is -2.46. The zero-order chi connectivity index (χ0) is 23.5. The van der Waals surface area contributed by atoms with Crippen molar-refractivity contribution in [2.75, 3.05) is 45.8 Å². The monoisotopic (exact) mass is 467 g/mol. The predicted molar refractivity (Wildman–Crippen MR) is 131 cm³/mol. The Morgan fingerprint density at radius 3 is 2.70 bits per heavy atom. The third-order valence-corrected chi connectivity index (χ3v) is 6.95. The second kappa shape index (κ2) is 9.70. The number of amides is 1. The molecule has 0 radical (unpaired) electrons. The molecule has 7 nitrogen and oxygen atoms in total. The maximum absolute atomic E-state index is 13.3. The number of hydrogen-bond donors (Lipinski definition) is 0. The molecule has 1 unspecified atom stereocenters. The first-order valence-corrected chi connectivity index (χ1v) is 11.7. The van der Waals surface area contributed by atoms with E-state index in [-0.39, 0.29) is 12.0 Å². The Labute approximate surface area is 198 Å². The van der Waals surface area contributed by atoms with Gasteiger partial charge in [0.25, 0.3) is 5.91 Å². The van der Waals surface area contributed by atoms with E-state index in [0.717, 1.165) is 35.1 Å². The number of rotatable bonds is 7. The summed E-state index contributed by atoms with van der Waals surface area (Å²) in [5.41, 5.74) is 2.70. The molecule has 1 atom stereocenters. The molecule has 1 aromatic heterocycles. The number of thiazole rings is 1. The minimum atomic E-state index is -0.104. The fourth-order valence-electron chi connectivity index (χ4n) is 4.02. The van der Waals surface area contributed by atoms with Crippen LogP contribution < -0.4 is 19.1 Å². The van der Waals surface area contributed by atoms with Gasteiger partial charge in [-0.15, -0.1) is 11.3 Å². The highest BCUT2D eigenvalue weighted by Gasteiger charge is 2.28. The van der Waals surface area contributed by atoms with Crippen molar-refractivity contribution in [1.82, 2.24) is 9.88 Å². The van der Waals surface area contributed by atoms with E-state index in [2.05, 4.69) is 22.9 Å². The smallest absolute Gasteiger partial charge is 0.265 e. The van der Waals surface area contributed by atoms with Crippen LogP contribution in [0.25, 0.3) is 10.6 Å². The predicted octanol–water partition coefficient (Wildman–Crippen LogP) is 4.50. The van der Waals surface area contributed by atoms with Gasteiger partial charge in [0.05, 0.1) is 38.7 Å². The van der Waals surface area contributed by atoms with Crippen molar-refractivity contribution in [2.45, 2.75) is 20.0 Å². The highest BCUT2D eigenvalue weighted by molar-refractivity contribution is 7.17. The van der Waals surface area contributed by atoms with Gasteiger partial charge in [-0.3, -0.25) is 4.79 Å². The summed E-state index contributed by atoms with van der Waals surface area (Å²) in [6.45, 7) is 6.12. The normalized spacial score (nSPS) is 14.9. The molecule has 174 valence electrons. The van der Waals surface area contributed by atoms with E-state index in [1.54, 1.807) is 19.1 Å². The second-order valence-corrected chi connectivity index (χ2v) is 8.93. The van der Waals surface area contributed by atoms with Crippen molar-refractivity contribution in [1.29, 1.82) is 0 Å². The zero-order valence-corrected chi connectivity index (χ0v) is 20.4. The van der Waals surface area contributed by atoms with Crippen molar-refractivity contribution in [2.24, 2.45) is 0 Å². The van der Waals surface area contributed by atoms with Gasteiger partial charge in [0.15, 0.2) is 11.5 Å². The number of hydrogen-bond acceptors (Lipinski definition) is 7. The molecule has 0 spiro atoms. The van der Waals surface area contributed by atoms with Crippen LogP contribution >= 0.6 is 11.3 Å². The first-order chi connectivity index (χ1) is 15.9. The third-order valence-electron chi connectivity index (χ3n) is 5.75. The number of methoxy groups -OCH3 is 2. The highest BCUT2D eigenvalue weighted by Crippen LogP contribution is 2.36. The molecule has 1 aliphatic heterocycles. The Morgan fingerprint density at radius 1 is 1.21 bits per heavy atom. The number of ether oxygens (including phenoxy) is 3. The maximum atomic E-state index is 13.3. The van der Waals surface area contributed by atoms with Crippen molar-refractivity contribution < 1.29 is 19.0 Å². The molecular weight excluding hydrogens is 438 g/mol. The number of carbonyl (C=O) groups is 1. The van der Waals surface area contributed by atoms with Crippen LogP contribution in [0.1, 0.15) is 22.3 Å². The summed E-state index contributed by atoms with van der Waals surface area (Å²) in [6, 6.07) is 13.7. The molecule has 2 heterocycles. The minimum absolute atomic E-state index is 0.0535. The van der Waals surface area contributed by atoms with E-state index in [4.69, 9.17) is 14.2 Å². The number of para-hydroxylation sites is 2. The molecule has 0 saturated carbocycles. The summed E-state index contributed by atoms with van der Waals surface area (Å²) in [6.07, 6.45) is -0.104. The van der Waals surface area contributed by atoms with Gasteiger partial charge in [-0.25, -0.2) is 4.98 Å². The molecule has 0 N–H and O–H groups in total. The molecule has 0 fully saturated rings. The van der Waals surface area contributed by atoms with E-state index in [1.807, 2.05) is 50.4 Å². The van der Waals surface area contributed by atoms with Gasteiger partial charge >= 0.3 is 0 Å². The van der Waals surface area contributed by atoms with E-state index in [0.29, 0.717) is 28.6 Å². The number of nitrogens with zero attached hydrogens (tertiary/aromatic N) is 3. The SMILES string of the molecule is CCN1CC(CN(C)C(=O)c2sc(-c3ccc(OC)c(OC)c3)nc2C)Oc2ccccc21. The lowest BCUT2D eigenvalue weighted by Gasteiger charge is -2.37. The quantitative estimate of drug-likeness (QED) is 0.510. The van der Waals surface area contributed by atoms with E-state index >= 15 is 0 Å². The molecule has 4 rings (SSSR count). The molecule has 8 heteroatoms. The Balaban J connectivity index is 1.50. The molecule has 3 aromatic rings.